The van der Waals surface area contributed by atoms with Gasteiger partial charge >= 0.3 is 0 Å². The predicted octanol–water partition coefficient (Wildman–Crippen LogP) is 1.02. The molecule has 0 saturated heterocycles. The van der Waals surface area contributed by atoms with Gasteiger partial charge in [0.05, 0.1) is 28.6 Å². The van der Waals surface area contributed by atoms with Gasteiger partial charge in [0.2, 0.25) is 27.6 Å². The van der Waals surface area contributed by atoms with Gasteiger partial charge in [-0.3, -0.25) is 24.2 Å². The molecule has 3 atom stereocenters. The minimum atomic E-state index is -3.82. The maximum atomic E-state index is 13.8. The van der Waals surface area contributed by atoms with Crippen LogP contribution in [0.2, 0.25) is 0 Å². The highest BCUT2D eigenvalue weighted by Gasteiger charge is 2.32. The first-order chi connectivity index (χ1) is 20.8. The Balaban J connectivity index is 1.88. The number of amides is 2. The molecule has 1 aromatic heterocycles. The molecular formula is C29H37N7O6S2. The zero-order valence-electron chi connectivity index (χ0n) is 24.3. The number of rotatable bonds is 18. The van der Waals surface area contributed by atoms with E-state index in [9.17, 15) is 27.6 Å². The molecule has 0 aliphatic heterocycles. The van der Waals surface area contributed by atoms with Crippen LogP contribution in [0.25, 0.3) is 10.2 Å². The molecule has 3 unspecified atom stereocenters. The smallest absolute Gasteiger partial charge is 0.224 e. The Bertz CT molecular complexity index is 1570. The highest BCUT2D eigenvalue weighted by Crippen LogP contribution is 2.24. The molecule has 0 bridgehead atoms. The average Bonchev–Trinajstić information content (AvgIpc) is 3.40. The molecule has 2 aromatic carbocycles. The van der Waals surface area contributed by atoms with Crippen LogP contribution >= 0.6 is 11.3 Å². The van der Waals surface area contributed by atoms with Crippen molar-refractivity contribution in [1.82, 2.24) is 15.0 Å². The number of carbonyl (C=O) groups excluding carboxylic acids is 4. The minimum absolute atomic E-state index is 0.0990. The Morgan fingerprint density at radius 1 is 0.955 bits per heavy atom. The molecule has 1 heterocycles. The molecular weight excluding hydrogens is 606 g/mol. The van der Waals surface area contributed by atoms with E-state index in [0.717, 1.165) is 16.5 Å². The number of nitrogens with zero attached hydrogens (tertiary/aromatic N) is 2. The molecule has 0 fully saturated rings. The number of thiazole rings is 1. The standard InChI is InChI=1S/C29H37N7O6S2/c1-44(41,42)36-20(13-14-25(30)38)23(37)17-19(16-18-8-3-2-4-9-18)27(40)34-22(11-7-15-33-29(31)32)26(39)28-35-21-10-5-6-12-24(21)43-28/h2-6,8-10,12,19-20,22,36H,7,11,13-17H2,1H3,(H2,30,38)(H,34,40)(H4,31,32,33). The van der Waals surface area contributed by atoms with Gasteiger partial charge in [-0.25, -0.2) is 18.1 Å². The van der Waals surface area contributed by atoms with Crippen LogP contribution in [0.1, 0.15) is 47.5 Å². The number of fused-ring (bicyclic) bond motifs is 1. The number of Topliss-reactive ketones (excluding diaryl/α,β-unsaturated/α-hetero) is 2. The summed E-state index contributed by atoms with van der Waals surface area (Å²) in [6, 6.07) is 14.0. The third kappa shape index (κ3) is 11.1. The number of nitrogens with one attached hydrogen (secondary N) is 2. The lowest BCUT2D eigenvalue weighted by Gasteiger charge is -2.23. The highest BCUT2D eigenvalue weighted by atomic mass is 32.2. The predicted molar refractivity (Wildman–Crippen MR) is 169 cm³/mol. The molecule has 0 radical (unpaired) electrons. The molecule has 2 amide bonds. The van der Waals surface area contributed by atoms with Crippen molar-refractivity contribution in [3.63, 3.8) is 0 Å². The number of ketones is 2. The second-order valence-electron chi connectivity index (χ2n) is 10.4. The van der Waals surface area contributed by atoms with E-state index < -0.39 is 51.4 Å². The number of guanidine groups is 1. The lowest BCUT2D eigenvalue weighted by atomic mass is 9.90. The van der Waals surface area contributed by atoms with Gasteiger partial charge in [-0.05, 0) is 43.4 Å². The van der Waals surface area contributed by atoms with E-state index in [1.54, 1.807) is 30.3 Å². The fourth-order valence-electron chi connectivity index (χ4n) is 4.56. The van der Waals surface area contributed by atoms with Gasteiger partial charge in [0.15, 0.2) is 16.8 Å². The van der Waals surface area contributed by atoms with Crippen molar-refractivity contribution in [2.45, 2.75) is 50.6 Å². The van der Waals surface area contributed by atoms with Crippen molar-refractivity contribution >= 4 is 60.9 Å². The zero-order valence-corrected chi connectivity index (χ0v) is 25.9. The van der Waals surface area contributed by atoms with E-state index in [1.165, 1.54) is 11.3 Å². The molecule has 3 rings (SSSR count). The average molecular weight is 644 g/mol. The Labute approximate surface area is 259 Å². The molecule has 236 valence electrons. The molecule has 0 aliphatic carbocycles. The number of primary amides is 1. The molecule has 0 aliphatic rings. The second-order valence-corrected chi connectivity index (χ2v) is 13.2. The van der Waals surface area contributed by atoms with Crippen LogP contribution in [-0.4, -0.2) is 67.6 Å². The Hall–Kier alpha value is -4.21. The van der Waals surface area contributed by atoms with Crippen LogP contribution in [-0.2, 0) is 30.8 Å². The van der Waals surface area contributed by atoms with E-state index in [0.29, 0.717) is 11.9 Å². The summed E-state index contributed by atoms with van der Waals surface area (Å²) < 4.78 is 27.0. The van der Waals surface area contributed by atoms with E-state index in [1.807, 2.05) is 24.3 Å². The van der Waals surface area contributed by atoms with Crippen LogP contribution in [0, 0.1) is 5.92 Å². The Kier molecular flexibility index (Phi) is 12.5. The van der Waals surface area contributed by atoms with E-state index >= 15 is 0 Å². The van der Waals surface area contributed by atoms with Crippen molar-refractivity contribution in [3.05, 3.63) is 65.2 Å². The summed E-state index contributed by atoms with van der Waals surface area (Å²) in [5.41, 5.74) is 17.5. The number of hydrogen-bond acceptors (Lipinski definition) is 9. The normalized spacial score (nSPS) is 13.5. The number of hydrogen-bond donors (Lipinski definition) is 5. The SMILES string of the molecule is CS(=O)(=O)NC(CCC(N)=O)C(=O)CC(Cc1ccccc1)C(=O)NC(CCCN=C(N)N)C(=O)c1nc2ccccc2s1. The molecule has 0 spiro atoms. The lowest BCUT2D eigenvalue weighted by molar-refractivity contribution is -0.130. The maximum absolute atomic E-state index is 13.8. The van der Waals surface area contributed by atoms with Gasteiger partial charge < -0.3 is 22.5 Å². The summed E-state index contributed by atoms with van der Waals surface area (Å²) in [4.78, 5) is 60.6. The first-order valence-corrected chi connectivity index (χ1v) is 16.6. The number of carbonyl (C=O) groups is 4. The lowest BCUT2D eigenvalue weighted by Crippen LogP contribution is -2.46. The molecule has 8 N–H and O–H groups in total. The Morgan fingerprint density at radius 2 is 1.64 bits per heavy atom. The van der Waals surface area contributed by atoms with Gasteiger partial charge in [0.25, 0.3) is 0 Å². The largest absolute Gasteiger partial charge is 0.370 e. The zero-order chi connectivity index (χ0) is 32.3. The second kappa shape index (κ2) is 16.0. The van der Waals surface area contributed by atoms with Crippen LogP contribution in [0.4, 0.5) is 0 Å². The van der Waals surface area contributed by atoms with Crippen molar-refractivity contribution in [2.75, 3.05) is 12.8 Å². The first kappa shape index (κ1) is 34.3. The monoisotopic (exact) mass is 643 g/mol. The molecule has 15 heteroatoms. The van der Waals surface area contributed by atoms with E-state index in [-0.39, 0.29) is 49.6 Å². The quantitative estimate of drug-likeness (QED) is 0.0576. The van der Waals surface area contributed by atoms with Gasteiger partial charge in [-0.1, -0.05) is 42.5 Å². The van der Waals surface area contributed by atoms with Crippen molar-refractivity contribution in [2.24, 2.45) is 28.1 Å². The third-order valence-corrected chi connectivity index (χ3v) is 8.41. The van der Waals surface area contributed by atoms with Crippen LogP contribution in [0.3, 0.4) is 0 Å². The number of sulfonamides is 1. The Morgan fingerprint density at radius 3 is 2.27 bits per heavy atom. The fraction of sp³-hybridized carbons (Fsp3) is 0.379. The topological polar surface area (TPSA) is 230 Å². The molecule has 3 aromatic rings. The minimum Gasteiger partial charge on any atom is -0.370 e. The highest BCUT2D eigenvalue weighted by molar-refractivity contribution is 7.88. The summed E-state index contributed by atoms with van der Waals surface area (Å²) in [7, 11) is -3.82. The summed E-state index contributed by atoms with van der Waals surface area (Å²) in [6.07, 6.45) is 0.841. The number of aromatic nitrogens is 1. The van der Waals surface area contributed by atoms with Crippen molar-refractivity contribution < 1.29 is 27.6 Å². The first-order valence-electron chi connectivity index (χ1n) is 13.9. The molecule has 13 nitrogen and oxygen atoms in total. The van der Waals surface area contributed by atoms with Crippen LogP contribution in [0.15, 0.2) is 59.6 Å². The van der Waals surface area contributed by atoms with Gasteiger partial charge in [-0.2, -0.15) is 0 Å². The van der Waals surface area contributed by atoms with Crippen molar-refractivity contribution in [1.29, 1.82) is 0 Å². The summed E-state index contributed by atoms with van der Waals surface area (Å²) in [6.45, 7) is 0.229. The fourth-order valence-corrected chi connectivity index (χ4v) is 6.29. The molecule has 0 saturated carbocycles. The van der Waals surface area contributed by atoms with Crippen LogP contribution < -0.4 is 27.2 Å². The van der Waals surface area contributed by atoms with Crippen LogP contribution in [0.5, 0.6) is 0 Å². The number of para-hydroxylation sites is 1. The molecule has 44 heavy (non-hydrogen) atoms. The summed E-state index contributed by atoms with van der Waals surface area (Å²) in [5.74, 6) is -3.32. The van der Waals surface area contributed by atoms with E-state index in [2.05, 4.69) is 20.0 Å². The summed E-state index contributed by atoms with van der Waals surface area (Å²) in [5, 5.41) is 3.03. The van der Waals surface area contributed by atoms with Gasteiger partial charge in [0, 0.05) is 25.3 Å². The van der Waals surface area contributed by atoms with Crippen molar-refractivity contribution in [3.8, 4) is 0 Å². The third-order valence-electron chi connectivity index (χ3n) is 6.65. The van der Waals surface area contributed by atoms with Gasteiger partial charge in [-0.15, -0.1) is 11.3 Å². The summed E-state index contributed by atoms with van der Waals surface area (Å²) >= 11 is 1.21. The van der Waals surface area contributed by atoms with E-state index in [4.69, 9.17) is 17.2 Å². The number of benzene rings is 2. The number of nitrogens with two attached hydrogens (primary N) is 3. The van der Waals surface area contributed by atoms with Gasteiger partial charge in [0.1, 0.15) is 0 Å². The maximum Gasteiger partial charge on any atom is 0.224 e. The number of aliphatic imine (C=N–C) groups is 1.